The minimum atomic E-state index is -0.636. The van der Waals surface area contributed by atoms with Crippen LogP contribution in [0.15, 0.2) is 85.1 Å². The fourth-order valence-corrected chi connectivity index (χ4v) is 3.75. The third kappa shape index (κ3) is 5.87. The molecule has 0 aliphatic rings. The van der Waals surface area contributed by atoms with Crippen molar-refractivity contribution >= 4 is 22.8 Å². The van der Waals surface area contributed by atoms with E-state index in [1.807, 2.05) is 72.9 Å². The lowest BCUT2D eigenvalue weighted by Crippen LogP contribution is -2.42. The first kappa shape index (κ1) is 22.3. The van der Waals surface area contributed by atoms with Gasteiger partial charge in [-0.05, 0) is 47.7 Å². The summed E-state index contributed by atoms with van der Waals surface area (Å²) in [6.45, 7) is 0.664. The number of rotatable bonds is 9. The summed E-state index contributed by atoms with van der Waals surface area (Å²) in [6.07, 6.45) is 2.95. The molecule has 168 valence electrons. The zero-order chi connectivity index (χ0) is 23.0. The van der Waals surface area contributed by atoms with E-state index in [4.69, 9.17) is 10.5 Å². The van der Waals surface area contributed by atoms with Gasteiger partial charge in [0, 0.05) is 23.6 Å². The number of nitrogens with one attached hydrogen (secondary N) is 2. The molecule has 0 aliphatic heterocycles. The van der Waals surface area contributed by atoms with Gasteiger partial charge in [-0.25, -0.2) is 4.79 Å². The smallest absolute Gasteiger partial charge is 0.338 e. The van der Waals surface area contributed by atoms with Crippen LogP contribution < -0.4 is 11.1 Å². The van der Waals surface area contributed by atoms with Crippen molar-refractivity contribution in [2.45, 2.75) is 25.5 Å². The van der Waals surface area contributed by atoms with Crippen molar-refractivity contribution in [1.82, 2.24) is 10.3 Å². The van der Waals surface area contributed by atoms with Crippen molar-refractivity contribution in [1.29, 1.82) is 0 Å². The molecule has 0 aliphatic carbocycles. The molecule has 0 radical (unpaired) electrons. The Hall–Kier alpha value is -3.90. The standard InChI is InChI=1S/C27H27N3O3/c28-24(16-22-17-30-25-12-5-4-11-23(22)25)26(31)29-14-13-19-9-6-10-21(15-19)27(32)33-18-20-7-2-1-3-8-20/h1-12,15,17,24,30H,13-14,16,18,28H2,(H,29,31)/t24-/m0/s1. The Balaban J connectivity index is 1.26. The van der Waals surface area contributed by atoms with Crippen LogP contribution in [0.5, 0.6) is 0 Å². The summed E-state index contributed by atoms with van der Waals surface area (Å²) < 4.78 is 5.40. The van der Waals surface area contributed by atoms with Gasteiger partial charge in [-0.15, -0.1) is 0 Å². The molecule has 0 saturated carbocycles. The van der Waals surface area contributed by atoms with E-state index in [1.54, 1.807) is 12.1 Å². The molecule has 0 saturated heterocycles. The molecule has 6 heteroatoms. The predicted octanol–water partition coefficient (Wildman–Crippen LogP) is 3.75. The van der Waals surface area contributed by atoms with Gasteiger partial charge < -0.3 is 20.8 Å². The Morgan fingerprint density at radius 1 is 0.939 bits per heavy atom. The fourth-order valence-electron chi connectivity index (χ4n) is 3.75. The number of amides is 1. The number of aromatic amines is 1. The van der Waals surface area contributed by atoms with E-state index < -0.39 is 6.04 Å². The number of fused-ring (bicyclic) bond motifs is 1. The molecule has 6 nitrogen and oxygen atoms in total. The Kier molecular flexibility index (Phi) is 7.17. The van der Waals surface area contributed by atoms with Crippen LogP contribution in [0.2, 0.25) is 0 Å². The van der Waals surface area contributed by atoms with Crippen molar-refractivity contribution in [3.8, 4) is 0 Å². The van der Waals surface area contributed by atoms with Gasteiger partial charge in [0.25, 0.3) is 0 Å². The summed E-state index contributed by atoms with van der Waals surface area (Å²) in [5, 5.41) is 3.98. The van der Waals surface area contributed by atoms with Crippen LogP contribution in [0.25, 0.3) is 10.9 Å². The molecule has 1 amide bonds. The third-order valence-electron chi connectivity index (χ3n) is 5.54. The van der Waals surface area contributed by atoms with Gasteiger partial charge in [-0.3, -0.25) is 4.79 Å². The van der Waals surface area contributed by atoms with Gasteiger partial charge in [-0.1, -0.05) is 60.7 Å². The van der Waals surface area contributed by atoms with Gasteiger partial charge in [0.2, 0.25) is 5.91 Å². The number of hydrogen-bond donors (Lipinski definition) is 3. The van der Waals surface area contributed by atoms with Crippen molar-refractivity contribution in [3.63, 3.8) is 0 Å². The van der Waals surface area contributed by atoms with Crippen molar-refractivity contribution in [2.24, 2.45) is 5.73 Å². The van der Waals surface area contributed by atoms with Crippen molar-refractivity contribution < 1.29 is 14.3 Å². The normalized spacial score (nSPS) is 11.8. The molecular weight excluding hydrogens is 414 g/mol. The summed E-state index contributed by atoms with van der Waals surface area (Å²) in [6, 6.07) is 24.1. The molecule has 1 heterocycles. The van der Waals surface area contributed by atoms with Crippen molar-refractivity contribution in [3.05, 3.63) is 107 Å². The molecule has 0 fully saturated rings. The molecule has 4 rings (SSSR count). The molecule has 1 atom stereocenters. The molecule has 1 aromatic heterocycles. The number of ether oxygens (including phenoxy) is 1. The number of esters is 1. The Morgan fingerprint density at radius 3 is 2.55 bits per heavy atom. The number of carbonyl (C=O) groups excluding carboxylic acids is 2. The number of benzene rings is 3. The minimum Gasteiger partial charge on any atom is -0.457 e. The van der Waals surface area contributed by atoms with Gasteiger partial charge in [-0.2, -0.15) is 0 Å². The summed E-state index contributed by atoms with van der Waals surface area (Å²) in [5.74, 6) is -0.566. The first-order valence-corrected chi connectivity index (χ1v) is 11.0. The largest absolute Gasteiger partial charge is 0.457 e. The SMILES string of the molecule is N[C@@H](Cc1c[nH]c2ccccc12)C(=O)NCCc1cccc(C(=O)OCc2ccccc2)c1. The zero-order valence-electron chi connectivity index (χ0n) is 18.3. The van der Waals surface area contributed by atoms with E-state index in [1.165, 1.54) is 0 Å². The molecule has 0 spiro atoms. The number of aromatic nitrogens is 1. The second-order valence-corrected chi connectivity index (χ2v) is 7.97. The van der Waals surface area contributed by atoms with E-state index in [9.17, 15) is 9.59 Å². The number of para-hydroxylation sites is 1. The average Bonchev–Trinajstić information content (AvgIpc) is 3.26. The summed E-state index contributed by atoms with van der Waals surface area (Å²) >= 11 is 0. The van der Waals surface area contributed by atoms with Crippen LogP contribution in [0.3, 0.4) is 0 Å². The molecule has 0 bridgehead atoms. The van der Waals surface area contributed by atoms with Crippen molar-refractivity contribution in [2.75, 3.05) is 6.54 Å². The highest BCUT2D eigenvalue weighted by Gasteiger charge is 2.16. The number of H-pyrrole nitrogens is 1. The van der Waals surface area contributed by atoms with Crippen LogP contribution in [0.4, 0.5) is 0 Å². The second-order valence-electron chi connectivity index (χ2n) is 7.97. The van der Waals surface area contributed by atoms with Crippen LogP contribution in [-0.4, -0.2) is 29.4 Å². The second kappa shape index (κ2) is 10.6. The third-order valence-corrected chi connectivity index (χ3v) is 5.54. The molecular formula is C27H27N3O3. The molecule has 4 N–H and O–H groups in total. The van der Waals surface area contributed by atoms with Crippen LogP contribution in [0, 0.1) is 0 Å². The highest BCUT2D eigenvalue weighted by Crippen LogP contribution is 2.18. The highest BCUT2D eigenvalue weighted by molar-refractivity contribution is 5.89. The maximum Gasteiger partial charge on any atom is 0.338 e. The Bertz CT molecular complexity index is 1230. The van der Waals surface area contributed by atoms with Gasteiger partial charge in [0.1, 0.15) is 6.61 Å². The lowest BCUT2D eigenvalue weighted by molar-refractivity contribution is -0.122. The highest BCUT2D eigenvalue weighted by atomic mass is 16.5. The Morgan fingerprint density at radius 2 is 1.70 bits per heavy atom. The van der Waals surface area contributed by atoms with E-state index in [-0.39, 0.29) is 18.5 Å². The van der Waals surface area contributed by atoms with E-state index >= 15 is 0 Å². The van der Waals surface area contributed by atoms with Gasteiger partial charge >= 0.3 is 5.97 Å². The monoisotopic (exact) mass is 441 g/mol. The molecule has 33 heavy (non-hydrogen) atoms. The molecule has 4 aromatic rings. The summed E-state index contributed by atoms with van der Waals surface area (Å²) in [4.78, 5) is 28.0. The maximum absolute atomic E-state index is 12.5. The van der Waals surface area contributed by atoms with Crippen LogP contribution >= 0.6 is 0 Å². The minimum absolute atomic E-state index is 0.196. The number of nitrogens with two attached hydrogens (primary N) is 1. The fraction of sp³-hybridized carbons (Fsp3) is 0.185. The van der Waals surface area contributed by atoms with Crippen LogP contribution in [-0.2, 0) is 29.0 Å². The zero-order valence-corrected chi connectivity index (χ0v) is 18.3. The van der Waals surface area contributed by atoms with E-state index in [2.05, 4.69) is 10.3 Å². The van der Waals surface area contributed by atoms with E-state index in [0.29, 0.717) is 24.9 Å². The quantitative estimate of drug-likeness (QED) is 0.345. The topological polar surface area (TPSA) is 97.2 Å². The first-order valence-electron chi connectivity index (χ1n) is 11.0. The van der Waals surface area contributed by atoms with E-state index in [0.717, 1.165) is 27.6 Å². The lowest BCUT2D eigenvalue weighted by atomic mass is 10.0. The first-order chi connectivity index (χ1) is 16.1. The van der Waals surface area contributed by atoms with Gasteiger partial charge in [0.05, 0.1) is 11.6 Å². The van der Waals surface area contributed by atoms with Crippen LogP contribution in [0.1, 0.15) is 27.0 Å². The lowest BCUT2D eigenvalue weighted by Gasteiger charge is -2.12. The molecule has 3 aromatic carbocycles. The maximum atomic E-state index is 12.5. The van der Waals surface area contributed by atoms with Gasteiger partial charge in [0.15, 0.2) is 0 Å². The summed E-state index contributed by atoms with van der Waals surface area (Å²) in [7, 11) is 0. The number of hydrogen-bond acceptors (Lipinski definition) is 4. The predicted molar refractivity (Wildman–Crippen MR) is 129 cm³/mol. The molecule has 0 unspecified atom stereocenters. The summed E-state index contributed by atoms with van der Waals surface area (Å²) in [5.41, 5.74) is 10.6. The average molecular weight is 442 g/mol. The number of carbonyl (C=O) groups is 2. The Labute approximate surface area is 192 Å².